The lowest BCUT2D eigenvalue weighted by molar-refractivity contribution is 0.165. The normalized spacial score (nSPS) is 18.5. The fraction of sp³-hybridized carbons (Fsp3) is 0.375. The lowest BCUT2D eigenvalue weighted by Crippen LogP contribution is -2.44. The number of nitrogens with zero attached hydrogens (tertiary/aromatic N) is 3. The molecule has 1 aromatic heterocycles. The van der Waals surface area contributed by atoms with Gasteiger partial charge < -0.3 is 9.67 Å². The number of fused-ring (bicyclic) bond motifs is 4. The number of hydrogen-bond acceptors (Lipinski definition) is 3. The molecule has 3 heterocycles. The first-order valence-corrected chi connectivity index (χ1v) is 10.3. The van der Waals surface area contributed by atoms with Crippen molar-refractivity contribution < 1.29 is 5.11 Å². The number of piperidine rings is 1. The van der Waals surface area contributed by atoms with Crippen molar-refractivity contribution in [2.45, 2.75) is 44.4 Å². The zero-order valence-electron chi connectivity index (χ0n) is 16.2. The van der Waals surface area contributed by atoms with Crippen molar-refractivity contribution in [3.8, 4) is 0 Å². The van der Waals surface area contributed by atoms with E-state index in [1.807, 2.05) is 6.20 Å². The monoisotopic (exact) mass is 373 g/mol. The largest absolute Gasteiger partial charge is 0.390 e. The molecule has 1 spiro atoms. The van der Waals surface area contributed by atoms with Gasteiger partial charge in [-0.25, -0.2) is 4.98 Å². The molecule has 5 rings (SSSR count). The van der Waals surface area contributed by atoms with Crippen molar-refractivity contribution in [1.29, 1.82) is 0 Å². The van der Waals surface area contributed by atoms with Gasteiger partial charge in [-0.05, 0) is 49.0 Å². The second-order valence-electron chi connectivity index (χ2n) is 8.13. The molecule has 0 amide bonds. The second-order valence-corrected chi connectivity index (χ2v) is 8.13. The van der Waals surface area contributed by atoms with Crippen LogP contribution in [0.5, 0.6) is 0 Å². The molecule has 0 aliphatic carbocycles. The van der Waals surface area contributed by atoms with Crippen molar-refractivity contribution in [3.05, 3.63) is 89.0 Å². The number of aryl methyl sites for hydroxylation is 1. The van der Waals surface area contributed by atoms with Crippen LogP contribution in [0.1, 0.15) is 41.1 Å². The fourth-order valence-corrected chi connectivity index (χ4v) is 5.15. The van der Waals surface area contributed by atoms with E-state index in [1.54, 1.807) is 0 Å². The molecule has 2 aliphatic rings. The number of aliphatic hydroxyl groups is 1. The first kappa shape index (κ1) is 17.7. The smallest absolute Gasteiger partial charge is 0.119 e. The van der Waals surface area contributed by atoms with Gasteiger partial charge in [-0.15, -0.1) is 0 Å². The quantitative estimate of drug-likeness (QED) is 0.764. The Labute approximate surface area is 166 Å². The summed E-state index contributed by atoms with van der Waals surface area (Å²) in [6, 6.07) is 19.7. The van der Waals surface area contributed by atoms with E-state index in [1.165, 1.54) is 16.7 Å². The van der Waals surface area contributed by atoms with Crippen molar-refractivity contribution in [2.75, 3.05) is 13.1 Å². The first-order valence-electron chi connectivity index (χ1n) is 10.3. The molecule has 144 valence electrons. The molecule has 1 N–H and O–H groups in total. The van der Waals surface area contributed by atoms with Gasteiger partial charge in [0.1, 0.15) is 5.82 Å². The highest BCUT2D eigenvalue weighted by atomic mass is 16.3. The summed E-state index contributed by atoms with van der Waals surface area (Å²) in [6.45, 7) is 4.08. The van der Waals surface area contributed by atoms with Gasteiger partial charge in [0.05, 0.1) is 23.9 Å². The van der Waals surface area contributed by atoms with Crippen LogP contribution in [0, 0.1) is 0 Å². The van der Waals surface area contributed by atoms with Crippen molar-refractivity contribution in [1.82, 2.24) is 14.5 Å². The second kappa shape index (κ2) is 7.19. The summed E-state index contributed by atoms with van der Waals surface area (Å²) in [5.41, 5.74) is 5.16. The average molecular weight is 374 g/mol. The Morgan fingerprint density at radius 2 is 1.68 bits per heavy atom. The highest BCUT2D eigenvalue weighted by molar-refractivity contribution is 5.43. The molecular weight excluding hydrogens is 346 g/mol. The van der Waals surface area contributed by atoms with Gasteiger partial charge in [0, 0.05) is 13.1 Å². The van der Waals surface area contributed by atoms with Crippen LogP contribution < -0.4 is 0 Å². The summed E-state index contributed by atoms with van der Waals surface area (Å²) in [5, 5.41) is 9.82. The van der Waals surface area contributed by atoms with Crippen LogP contribution in [0.25, 0.3) is 0 Å². The molecule has 4 nitrogen and oxygen atoms in total. The molecule has 28 heavy (non-hydrogen) atoms. The van der Waals surface area contributed by atoms with E-state index in [-0.39, 0.29) is 12.0 Å². The van der Waals surface area contributed by atoms with Gasteiger partial charge >= 0.3 is 0 Å². The molecule has 1 fully saturated rings. The standard InChI is InChI=1S/C24H27N3O/c28-18-21-16-25-23-24(22-9-5-4-8-20(22)10-13-27(21)23)11-14-26(15-12-24)17-19-6-2-1-3-7-19/h1-9,16,28H,10-15,17-18H2. The minimum absolute atomic E-state index is 0.0479. The SMILES string of the molecule is OCc1cnc2n1CCc1ccccc1C21CCN(Cc2ccccc2)CC1. The molecule has 0 radical (unpaired) electrons. The first-order chi connectivity index (χ1) is 13.8. The van der Waals surface area contributed by atoms with Crippen LogP contribution >= 0.6 is 0 Å². The predicted octanol–water partition coefficient (Wildman–Crippen LogP) is 3.51. The van der Waals surface area contributed by atoms with Crippen molar-refractivity contribution >= 4 is 0 Å². The van der Waals surface area contributed by atoms with E-state index in [9.17, 15) is 5.11 Å². The Kier molecular flexibility index (Phi) is 4.53. The summed E-state index contributed by atoms with van der Waals surface area (Å²) in [4.78, 5) is 7.42. The Hall–Kier alpha value is -2.43. The van der Waals surface area contributed by atoms with Gasteiger partial charge in [-0.3, -0.25) is 4.90 Å². The van der Waals surface area contributed by atoms with E-state index in [0.717, 1.165) is 57.0 Å². The Bertz CT molecular complexity index is 955. The lowest BCUT2D eigenvalue weighted by Gasteiger charge is -2.42. The topological polar surface area (TPSA) is 41.3 Å². The zero-order valence-corrected chi connectivity index (χ0v) is 16.2. The van der Waals surface area contributed by atoms with Crippen molar-refractivity contribution in [2.24, 2.45) is 0 Å². The fourth-order valence-electron chi connectivity index (χ4n) is 5.15. The number of imidazole rings is 1. The molecular formula is C24H27N3O. The number of aliphatic hydroxyl groups excluding tert-OH is 1. The number of aromatic nitrogens is 2. The molecule has 3 aromatic rings. The third-order valence-corrected chi connectivity index (χ3v) is 6.62. The van der Waals surface area contributed by atoms with Gasteiger partial charge in [0.15, 0.2) is 0 Å². The maximum atomic E-state index is 9.82. The average Bonchev–Trinajstić information content (AvgIpc) is 3.12. The number of rotatable bonds is 3. The number of benzene rings is 2. The summed E-state index contributed by atoms with van der Waals surface area (Å²) in [7, 11) is 0. The van der Waals surface area contributed by atoms with Crippen LogP contribution in [0.3, 0.4) is 0 Å². The molecule has 2 aliphatic heterocycles. The zero-order chi connectivity index (χ0) is 19.0. The highest BCUT2D eigenvalue weighted by Crippen LogP contribution is 2.44. The molecule has 0 unspecified atom stereocenters. The van der Waals surface area contributed by atoms with E-state index in [2.05, 4.69) is 64.1 Å². The molecule has 0 bridgehead atoms. The summed E-state index contributed by atoms with van der Waals surface area (Å²) < 4.78 is 2.28. The van der Waals surface area contributed by atoms with Gasteiger partial charge in [0.25, 0.3) is 0 Å². The molecule has 0 atom stereocenters. The third kappa shape index (κ3) is 2.88. The molecule has 0 saturated carbocycles. The minimum Gasteiger partial charge on any atom is -0.390 e. The van der Waals surface area contributed by atoms with Crippen LogP contribution in [-0.2, 0) is 31.5 Å². The third-order valence-electron chi connectivity index (χ3n) is 6.62. The molecule has 4 heteroatoms. The van der Waals surface area contributed by atoms with Crippen LogP contribution in [-0.4, -0.2) is 32.6 Å². The van der Waals surface area contributed by atoms with Gasteiger partial charge in [-0.1, -0.05) is 54.6 Å². The van der Waals surface area contributed by atoms with E-state index >= 15 is 0 Å². The Balaban J connectivity index is 1.49. The number of hydrogen-bond donors (Lipinski definition) is 1. The van der Waals surface area contributed by atoms with Crippen LogP contribution in [0.4, 0.5) is 0 Å². The number of likely N-dealkylation sites (tertiary alicyclic amines) is 1. The van der Waals surface area contributed by atoms with Crippen molar-refractivity contribution in [3.63, 3.8) is 0 Å². The van der Waals surface area contributed by atoms with E-state index in [0.29, 0.717) is 0 Å². The highest BCUT2D eigenvalue weighted by Gasteiger charge is 2.43. The molecule has 2 aromatic carbocycles. The van der Waals surface area contributed by atoms with E-state index < -0.39 is 0 Å². The Morgan fingerprint density at radius 1 is 0.929 bits per heavy atom. The molecule has 1 saturated heterocycles. The maximum Gasteiger partial charge on any atom is 0.119 e. The summed E-state index contributed by atoms with van der Waals surface area (Å²) in [6.07, 6.45) is 5.01. The Morgan fingerprint density at radius 3 is 2.46 bits per heavy atom. The minimum atomic E-state index is -0.0479. The van der Waals surface area contributed by atoms with Gasteiger partial charge in [-0.2, -0.15) is 0 Å². The maximum absolute atomic E-state index is 9.82. The van der Waals surface area contributed by atoms with Crippen LogP contribution in [0.2, 0.25) is 0 Å². The summed E-state index contributed by atoms with van der Waals surface area (Å²) in [5.74, 6) is 1.15. The van der Waals surface area contributed by atoms with E-state index in [4.69, 9.17) is 4.98 Å². The van der Waals surface area contributed by atoms with Gasteiger partial charge in [0.2, 0.25) is 0 Å². The lowest BCUT2D eigenvalue weighted by atomic mass is 9.70. The predicted molar refractivity (Wildman–Crippen MR) is 110 cm³/mol. The summed E-state index contributed by atoms with van der Waals surface area (Å²) >= 11 is 0. The van der Waals surface area contributed by atoms with Crippen LogP contribution in [0.15, 0.2) is 60.8 Å².